The minimum absolute atomic E-state index is 0.123. The Hall–Kier alpha value is -1.63. The van der Waals surface area contributed by atoms with Crippen LogP contribution >= 0.6 is 0 Å². The standard InChI is InChI=1S/C16H26N4O3/c1-11(13(21)19-8-5-12(10-19)9-17-2)20-14(22)16(18-15(20)23)6-3-4-7-16/h11-12,17H,3-10H2,1-2H3,(H,18,23)/t11-,12+/m1/s1. The Balaban J connectivity index is 1.68. The second-order valence-electron chi connectivity index (χ2n) is 7.07. The Morgan fingerprint density at radius 3 is 2.74 bits per heavy atom. The van der Waals surface area contributed by atoms with Crippen LogP contribution < -0.4 is 10.6 Å². The predicted molar refractivity (Wildman–Crippen MR) is 84.7 cm³/mol. The first-order chi connectivity index (χ1) is 11.0. The van der Waals surface area contributed by atoms with Crippen LogP contribution in [0, 0.1) is 5.92 Å². The highest BCUT2D eigenvalue weighted by Crippen LogP contribution is 2.36. The number of hydrogen-bond donors (Lipinski definition) is 2. The Labute approximate surface area is 136 Å². The van der Waals surface area contributed by atoms with Crippen LogP contribution in [0.25, 0.3) is 0 Å². The van der Waals surface area contributed by atoms with E-state index in [0.717, 1.165) is 30.7 Å². The normalized spacial score (nSPS) is 27.8. The zero-order valence-corrected chi connectivity index (χ0v) is 13.9. The Morgan fingerprint density at radius 2 is 2.09 bits per heavy atom. The first kappa shape index (κ1) is 16.2. The molecule has 1 spiro atoms. The van der Waals surface area contributed by atoms with Gasteiger partial charge in [-0.3, -0.25) is 9.59 Å². The fraction of sp³-hybridized carbons (Fsp3) is 0.812. The van der Waals surface area contributed by atoms with Crippen molar-refractivity contribution >= 4 is 17.8 Å². The third-order valence-corrected chi connectivity index (χ3v) is 5.49. The molecule has 7 heteroatoms. The lowest BCUT2D eigenvalue weighted by atomic mass is 9.97. The van der Waals surface area contributed by atoms with Crippen LogP contribution in [0.2, 0.25) is 0 Å². The SMILES string of the molecule is CNC[C@@H]1CCN(C(=O)[C@@H](C)N2C(=O)NC3(CCCC3)C2=O)C1. The van der Waals surface area contributed by atoms with Gasteiger partial charge in [0.05, 0.1) is 0 Å². The van der Waals surface area contributed by atoms with E-state index in [9.17, 15) is 14.4 Å². The van der Waals surface area contributed by atoms with E-state index in [4.69, 9.17) is 0 Å². The van der Waals surface area contributed by atoms with Crippen molar-refractivity contribution in [2.75, 3.05) is 26.7 Å². The van der Waals surface area contributed by atoms with E-state index < -0.39 is 17.6 Å². The fourth-order valence-electron chi connectivity index (χ4n) is 4.17. The molecule has 2 atom stereocenters. The van der Waals surface area contributed by atoms with Gasteiger partial charge in [0.15, 0.2) is 0 Å². The monoisotopic (exact) mass is 322 g/mol. The summed E-state index contributed by atoms with van der Waals surface area (Å²) in [4.78, 5) is 40.7. The maximum Gasteiger partial charge on any atom is 0.325 e. The lowest BCUT2D eigenvalue weighted by Crippen LogP contribution is -2.50. The molecule has 23 heavy (non-hydrogen) atoms. The minimum atomic E-state index is -0.745. The number of imide groups is 1. The van der Waals surface area contributed by atoms with Crippen molar-refractivity contribution in [1.29, 1.82) is 0 Å². The molecule has 0 radical (unpaired) electrons. The zero-order valence-electron chi connectivity index (χ0n) is 13.9. The van der Waals surface area contributed by atoms with Crippen molar-refractivity contribution < 1.29 is 14.4 Å². The second kappa shape index (κ2) is 6.11. The van der Waals surface area contributed by atoms with Crippen molar-refractivity contribution in [2.45, 2.75) is 50.6 Å². The maximum absolute atomic E-state index is 12.7. The van der Waals surface area contributed by atoms with Gasteiger partial charge in [0.1, 0.15) is 11.6 Å². The Kier molecular flexibility index (Phi) is 4.31. The minimum Gasteiger partial charge on any atom is -0.341 e. The van der Waals surface area contributed by atoms with E-state index >= 15 is 0 Å². The molecule has 3 aliphatic rings. The van der Waals surface area contributed by atoms with Crippen LogP contribution in [0.15, 0.2) is 0 Å². The van der Waals surface area contributed by atoms with Crippen LogP contribution in [0.4, 0.5) is 4.79 Å². The van der Waals surface area contributed by atoms with E-state index in [1.54, 1.807) is 11.8 Å². The highest BCUT2D eigenvalue weighted by atomic mass is 16.2. The first-order valence-electron chi connectivity index (χ1n) is 8.58. The van der Waals surface area contributed by atoms with E-state index in [-0.39, 0.29) is 11.8 Å². The lowest BCUT2D eigenvalue weighted by molar-refractivity contribution is -0.142. The Morgan fingerprint density at radius 1 is 1.39 bits per heavy atom. The number of carbonyl (C=O) groups is 3. The molecule has 128 valence electrons. The fourth-order valence-corrected chi connectivity index (χ4v) is 4.17. The van der Waals surface area contributed by atoms with E-state index in [1.165, 1.54) is 0 Å². The van der Waals surface area contributed by atoms with Crippen LogP contribution in [-0.4, -0.2) is 65.9 Å². The first-order valence-corrected chi connectivity index (χ1v) is 8.58. The number of likely N-dealkylation sites (tertiary alicyclic amines) is 1. The summed E-state index contributed by atoms with van der Waals surface area (Å²) in [5.74, 6) is 0.106. The van der Waals surface area contributed by atoms with Crippen molar-refractivity contribution in [3.05, 3.63) is 0 Å². The van der Waals surface area contributed by atoms with Crippen LogP contribution in [-0.2, 0) is 9.59 Å². The van der Waals surface area contributed by atoms with Crippen molar-refractivity contribution in [3.8, 4) is 0 Å². The van der Waals surface area contributed by atoms with Gasteiger partial charge >= 0.3 is 6.03 Å². The van der Waals surface area contributed by atoms with Gasteiger partial charge in [-0.05, 0) is 45.7 Å². The third kappa shape index (κ3) is 2.71. The molecule has 7 nitrogen and oxygen atoms in total. The number of amides is 4. The van der Waals surface area contributed by atoms with Gasteiger partial charge in [0.25, 0.3) is 5.91 Å². The summed E-state index contributed by atoms with van der Waals surface area (Å²) >= 11 is 0. The quantitative estimate of drug-likeness (QED) is 0.730. The van der Waals surface area contributed by atoms with Gasteiger partial charge in [-0.2, -0.15) is 0 Å². The summed E-state index contributed by atoms with van der Waals surface area (Å²) in [5, 5.41) is 5.98. The zero-order chi connectivity index (χ0) is 16.6. The largest absolute Gasteiger partial charge is 0.341 e. The summed E-state index contributed by atoms with van der Waals surface area (Å²) in [6, 6.07) is -1.14. The van der Waals surface area contributed by atoms with Gasteiger partial charge in [-0.25, -0.2) is 9.69 Å². The molecule has 2 N–H and O–H groups in total. The smallest absolute Gasteiger partial charge is 0.325 e. The molecule has 0 aromatic heterocycles. The summed E-state index contributed by atoms with van der Waals surface area (Å²) in [7, 11) is 1.90. The average Bonchev–Trinajstić information content (AvgIpc) is 3.21. The molecule has 0 bridgehead atoms. The molecular weight excluding hydrogens is 296 g/mol. The van der Waals surface area contributed by atoms with Crippen molar-refractivity contribution in [3.63, 3.8) is 0 Å². The molecule has 3 rings (SSSR count). The molecule has 1 saturated carbocycles. The maximum atomic E-state index is 12.7. The molecule has 2 saturated heterocycles. The van der Waals surface area contributed by atoms with Gasteiger partial charge in [-0.1, -0.05) is 12.8 Å². The molecular formula is C16H26N4O3. The van der Waals surface area contributed by atoms with Crippen molar-refractivity contribution in [2.24, 2.45) is 5.92 Å². The highest BCUT2D eigenvalue weighted by molar-refractivity contribution is 6.09. The number of nitrogens with one attached hydrogen (secondary N) is 2. The second-order valence-corrected chi connectivity index (χ2v) is 7.07. The number of carbonyl (C=O) groups excluding carboxylic acids is 3. The van der Waals surface area contributed by atoms with E-state index in [1.807, 2.05) is 7.05 Å². The number of urea groups is 1. The van der Waals surface area contributed by atoms with Crippen LogP contribution in [0.5, 0.6) is 0 Å². The number of rotatable bonds is 4. The summed E-state index contributed by atoms with van der Waals surface area (Å²) < 4.78 is 0. The molecule has 0 aromatic carbocycles. The lowest BCUT2D eigenvalue weighted by Gasteiger charge is -2.27. The van der Waals surface area contributed by atoms with E-state index in [0.29, 0.717) is 31.8 Å². The topological polar surface area (TPSA) is 81.8 Å². The number of nitrogens with zero attached hydrogens (tertiary/aromatic N) is 2. The molecule has 3 fully saturated rings. The molecule has 0 unspecified atom stereocenters. The third-order valence-electron chi connectivity index (χ3n) is 5.49. The summed E-state index contributed by atoms with van der Waals surface area (Å²) in [6.45, 7) is 3.94. The molecule has 1 aliphatic carbocycles. The van der Waals surface area contributed by atoms with Gasteiger partial charge in [0.2, 0.25) is 5.91 Å². The summed E-state index contributed by atoms with van der Waals surface area (Å²) in [6.07, 6.45) is 4.22. The average molecular weight is 322 g/mol. The molecule has 2 aliphatic heterocycles. The molecule has 2 heterocycles. The van der Waals surface area contributed by atoms with Gasteiger partial charge < -0.3 is 15.5 Å². The predicted octanol–water partition coefficient (Wildman–Crippen LogP) is 0.307. The number of hydrogen-bond acceptors (Lipinski definition) is 4. The Bertz CT molecular complexity index is 515. The highest BCUT2D eigenvalue weighted by Gasteiger charge is 2.54. The molecule has 0 aromatic rings. The van der Waals surface area contributed by atoms with Crippen LogP contribution in [0.3, 0.4) is 0 Å². The van der Waals surface area contributed by atoms with Gasteiger partial charge in [0, 0.05) is 13.1 Å². The van der Waals surface area contributed by atoms with Crippen molar-refractivity contribution in [1.82, 2.24) is 20.4 Å². The van der Waals surface area contributed by atoms with Gasteiger partial charge in [-0.15, -0.1) is 0 Å². The molecule has 4 amide bonds. The van der Waals surface area contributed by atoms with E-state index in [2.05, 4.69) is 10.6 Å². The van der Waals surface area contributed by atoms with Crippen LogP contribution in [0.1, 0.15) is 39.0 Å². The summed E-state index contributed by atoms with van der Waals surface area (Å²) in [5.41, 5.74) is -0.745.